The topological polar surface area (TPSA) is 131 Å². The zero-order valence-electron chi connectivity index (χ0n) is 18.5. The first-order chi connectivity index (χ1) is 16.7. The maximum Gasteiger partial charge on any atom is 0.340 e. The van der Waals surface area contributed by atoms with Crippen LogP contribution in [0.5, 0.6) is 5.75 Å². The Morgan fingerprint density at radius 1 is 1.23 bits per heavy atom. The number of hydrogen-bond acceptors (Lipinski definition) is 8. The molecule has 1 aliphatic carbocycles. The summed E-state index contributed by atoms with van der Waals surface area (Å²) in [5, 5.41) is 11.0. The number of allylic oxidation sites excluding steroid dienone is 2. The van der Waals surface area contributed by atoms with Gasteiger partial charge < -0.3 is 19.9 Å². The Morgan fingerprint density at radius 2 is 1.94 bits per heavy atom. The van der Waals surface area contributed by atoms with E-state index < -0.39 is 16.8 Å². The Morgan fingerprint density at radius 3 is 2.60 bits per heavy atom. The van der Waals surface area contributed by atoms with Crippen molar-refractivity contribution < 1.29 is 28.7 Å². The van der Waals surface area contributed by atoms with Gasteiger partial charge in [-0.15, -0.1) is 0 Å². The van der Waals surface area contributed by atoms with E-state index in [4.69, 9.17) is 19.9 Å². The molecule has 0 saturated carbocycles. The lowest BCUT2D eigenvalue weighted by atomic mass is 9.77. The van der Waals surface area contributed by atoms with E-state index in [1.807, 2.05) is 12.1 Å². The van der Waals surface area contributed by atoms with Crippen LogP contribution in [0, 0.1) is 17.3 Å². The van der Waals surface area contributed by atoms with Crippen molar-refractivity contribution in [2.24, 2.45) is 5.73 Å². The summed E-state index contributed by atoms with van der Waals surface area (Å²) < 4.78 is 18.1. The molecule has 0 radical (unpaired) electrons. The number of hydrogen-bond donors (Lipinski definition) is 1. The minimum absolute atomic E-state index is 0.00805. The van der Waals surface area contributed by atoms with Crippen LogP contribution in [0.4, 0.5) is 5.69 Å². The Balaban J connectivity index is 1.71. The molecule has 0 fully saturated rings. The van der Waals surface area contributed by atoms with Crippen LogP contribution in [0.3, 0.4) is 0 Å². The third-order valence-electron chi connectivity index (χ3n) is 5.75. The number of ketones is 1. The minimum Gasteiger partial charge on any atom is -0.487 e. The van der Waals surface area contributed by atoms with E-state index in [2.05, 4.69) is 45.2 Å². The highest BCUT2D eigenvalue weighted by Crippen LogP contribution is 2.45. The number of nitro benzene ring substituents is 1. The summed E-state index contributed by atoms with van der Waals surface area (Å²) in [6, 6.07) is 9.93. The summed E-state index contributed by atoms with van der Waals surface area (Å²) >= 11 is 4.25. The monoisotopic (exact) mass is 702 g/mol. The third kappa shape index (κ3) is 5.15. The number of benzene rings is 2. The summed E-state index contributed by atoms with van der Waals surface area (Å²) in [6.45, 7) is 0.137. The zero-order valence-corrected chi connectivity index (χ0v) is 22.8. The van der Waals surface area contributed by atoms with Crippen LogP contribution in [0.15, 0.2) is 59.2 Å². The Bertz CT molecular complexity index is 1280. The number of rotatable bonds is 6. The van der Waals surface area contributed by atoms with Gasteiger partial charge in [0.2, 0.25) is 5.88 Å². The molecule has 11 heteroatoms. The van der Waals surface area contributed by atoms with Gasteiger partial charge in [0.15, 0.2) is 5.78 Å². The van der Waals surface area contributed by atoms with Crippen molar-refractivity contribution in [1.29, 1.82) is 0 Å². The molecule has 9 nitrogen and oxygen atoms in total. The van der Waals surface area contributed by atoms with Crippen LogP contribution in [0.1, 0.15) is 36.3 Å². The van der Waals surface area contributed by atoms with E-state index in [0.29, 0.717) is 47.5 Å². The highest BCUT2D eigenvalue weighted by atomic mass is 127. The van der Waals surface area contributed by atoms with Gasteiger partial charge in [-0.3, -0.25) is 14.9 Å². The molecule has 0 amide bonds. The van der Waals surface area contributed by atoms with E-state index in [0.717, 1.165) is 7.14 Å². The molecule has 0 bridgehead atoms. The van der Waals surface area contributed by atoms with Crippen molar-refractivity contribution in [1.82, 2.24) is 0 Å². The summed E-state index contributed by atoms with van der Waals surface area (Å²) in [7, 11) is 1.25. The largest absolute Gasteiger partial charge is 0.487 e. The molecule has 182 valence electrons. The predicted molar refractivity (Wildman–Crippen MR) is 142 cm³/mol. The highest BCUT2D eigenvalue weighted by Gasteiger charge is 2.41. The van der Waals surface area contributed by atoms with E-state index >= 15 is 0 Å². The number of nitrogens with two attached hydrogens (primary N) is 1. The highest BCUT2D eigenvalue weighted by molar-refractivity contribution is 14.1. The first-order valence-electron chi connectivity index (χ1n) is 10.6. The van der Waals surface area contributed by atoms with Crippen LogP contribution in [0.2, 0.25) is 0 Å². The van der Waals surface area contributed by atoms with Gasteiger partial charge in [0.05, 0.1) is 25.1 Å². The average molecular weight is 702 g/mol. The fraction of sp³-hybridized carbons (Fsp3) is 0.250. The Kier molecular flexibility index (Phi) is 7.64. The normalized spacial score (nSPS) is 17.6. The van der Waals surface area contributed by atoms with Crippen LogP contribution >= 0.6 is 45.2 Å². The third-order valence-corrected chi connectivity index (χ3v) is 7.35. The Labute approximate surface area is 228 Å². The van der Waals surface area contributed by atoms with Gasteiger partial charge in [-0.1, -0.05) is 12.1 Å². The van der Waals surface area contributed by atoms with E-state index in [-0.39, 0.29) is 29.5 Å². The summed E-state index contributed by atoms with van der Waals surface area (Å²) in [5.74, 6) is -0.436. The van der Waals surface area contributed by atoms with E-state index in [1.165, 1.54) is 19.2 Å². The second-order valence-corrected chi connectivity index (χ2v) is 10.3. The first kappa shape index (κ1) is 25.4. The smallest absolute Gasteiger partial charge is 0.340 e. The average Bonchev–Trinajstić information content (AvgIpc) is 2.82. The molecule has 4 rings (SSSR count). The SMILES string of the molecule is COC(=O)C1=C(N)OC2=C(C(=O)CCC2)[C@H]1c1cc(I)c(OCc2cccc([N+](=O)[O-])c2)c(I)c1. The lowest BCUT2D eigenvalue weighted by Gasteiger charge is -2.32. The molecule has 0 unspecified atom stereocenters. The molecular weight excluding hydrogens is 682 g/mol. The number of non-ortho nitro benzene ring substituents is 1. The number of esters is 1. The lowest BCUT2D eigenvalue weighted by molar-refractivity contribution is -0.384. The van der Waals surface area contributed by atoms with Crippen molar-refractivity contribution >= 4 is 62.6 Å². The maximum atomic E-state index is 12.9. The number of methoxy groups -OCH3 is 1. The molecule has 35 heavy (non-hydrogen) atoms. The number of halogens is 2. The Hall–Kier alpha value is -2.68. The van der Waals surface area contributed by atoms with Crippen molar-refractivity contribution in [3.63, 3.8) is 0 Å². The fourth-order valence-electron chi connectivity index (χ4n) is 4.20. The van der Waals surface area contributed by atoms with Crippen LogP contribution in [0.25, 0.3) is 0 Å². The van der Waals surface area contributed by atoms with Crippen molar-refractivity contribution in [3.05, 3.63) is 87.6 Å². The van der Waals surface area contributed by atoms with Crippen LogP contribution in [-0.2, 0) is 25.7 Å². The molecule has 0 aromatic heterocycles. The van der Waals surface area contributed by atoms with Gasteiger partial charge in [0, 0.05) is 30.5 Å². The van der Waals surface area contributed by atoms with Gasteiger partial charge in [-0.2, -0.15) is 0 Å². The lowest BCUT2D eigenvalue weighted by Crippen LogP contribution is -2.31. The molecule has 1 heterocycles. The van der Waals surface area contributed by atoms with E-state index in [1.54, 1.807) is 12.1 Å². The molecule has 2 N–H and O–H groups in total. The van der Waals surface area contributed by atoms with Crippen molar-refractivity contribution in [2.75, 3.05) is 7.11 Å². The van der Waals surface area contributed by atoms with Crippen molar-refractivity contribution in [2.45, 2.75) is 31.8 Å². The van der Waals surface area contributed by atoms with E-state index in [9.17, 15) is 19.7 Å². The van der Waals surface area contributed by atoms with Gasteiger partial charge >= 0.3 is 5.97 Å². The van der Waals surface area contributed by atoms with Gasteiger partial charge in [-0.25, -0.2) is 4.79 Å². The standard InChI is InChI=1S/C24H20I2N2O7/c1-33-24(30)21-19(20-17(29)6-3-7-18(20)35-23(21)27)13-9-15(25)22(16(26)10-13)34-11-12-4-2-5-14(8-12)28(31)32/h2,4-5,8-10,19H,3,6-7,11,27H2,1H3/t19-/m1/s1. The molecular formula is C24H20I2N2O7. The molecule has 2 aliphatic rings. The van der Waals surface area contributed by atoms with Gasteiger partial charge in [0.1, 0.15) is 23.7 Å². The molecule has 1 atom stereocenters. The number of carbonyl (C=O) groups is 2. The quantitative estimate of drug-likeness (QED) is 0.196. The number of nitro groups is 1. The van der Waals surface area contributed by atoms with Crippen LogP contribution in [-0.4, -0.2) is 23.8 Å². The molecule has 2 aromatic rings. The van der Waals surface area contributed by atoms with Gasteiger partial charge in [-0.05, 0) is 74.9 Å². The number of nitrogens with zero attached hydrogens (tertiary/aromatic N) is 1. The first-order valence-corrected chi connectivity index (χ1v) is 12.7. The molecule has 1 aliphatic heterocycles. The second-order valence-electron chi connectivity index (χ2n) is 7.95. The second kappa shape index (κ2) is 10.5. The molecule has 0 saturated heterocycles. The minimum atomic E-state index is -0.716. The fourth-order valence-corrected chi connectivity index (χ4v) is 6.33. The summed E-state index contributed by atoms with van der Waals surface area (Å²) in [5.41, 5.74) is 7.99. The summed E-state index contributed by atoms with van der Waals surface area (Å²) in [4.78, 5) is 36.2. The zero-order chi connectivity index (χ0) is 25.3. The van der Waals surface area contributed by atoms with Crippen molar-refractivity contribution in [3.8, 4) is 5.75 Å². The molecule has 0 spiro atoms. The number of Topliss-reactive ketones (excluding diaryl/α,β-unsaturated/α-hetero) is 1. The number of carbonyl (C=O) groups excluding carboxylic acids is 2. The predicted octanol–water partition coefficient (Wildman–Crippen LogP) is 4.85. The number of ether oxygens (including phenoxy) is 3. The summed E-state index contributed by atoms with van der Waals surface area (Å²) in [6.07, 6.45) is 1.58. The van der Waals surface area contributed by atoms with Gasteiger partial charge in [0.25, 0.3) is 5.69 Å². The maximum absolute atomic E-state index is 12.9. The van der Waals surface area contributed by atoms with Crippen LogP contribution < -0.4 is 10.5 Å². The molecule has 2 aromatic carbocycles.